The van der Waals surface area contributed by atoms with Gasteiger partial charge in [0.05, 0.1) is 22.2 Å². The van der Waals surface area contributed by atoms with Gasteiger partial charge in [-0.15, -0.1) is 6.58 Å². The SMILES string of the molecule is C=CCNC(=O)C(=O)C(CC1CC1)NC(=O)[C@@H]1[C@@H]2[C@H](CN1C(=O)[C@@H](NC(=O)NC1(CS(=O)(=O)c3ccccc3)CCCCC1)C(C)(C)C)C2(C)C. The van der Waals surface area contributed by atoms with Crippen LogP contribution in [-0.2, 0) is 29.0 Å². The Morgan fingerprint density at radius 1 is 1.00 bits per heavy atom. The lowest BCUT2D eigenvalue weighted by molar-refractivity contribution is -0.145. The average molecular weight is 726 g/mol. The molecule has 51 heavy (non-hydrogen) atoms. The summed E-state index contributed by atoms with van der Waals surface area (Å²) in [5.74, 6) is -2.56. The number of ketones is 1. The molecular weight excluding hydrogens is 671 g/mol. The number of carbonyl (C=O) groups excluding carboxylic acids is 5. The van der Waals surface area contributed by atoms with Gasteiger partial charge in [-0.2, -0.15) is 0 Å². The number of nitrogens with zero attached hydrogens (tertiary/aromatic N) is 1. The van der Waals surface area contributed by atoms with Crippen LogP contribution in [0.15, 0.2) is 47.9 Å². The number of rotatable bonds is 14. The van der Waals surface area contributed by atoms with Crippen LogP contribution in [0.2, 0.25) is 0 Å². The van der Waals surface area contributed by atoms with E-state index >= 15 is 0 Å². The summed E-state index contributed by atoms with van der Waals surface area (Å²) in [5.41, 5.74) is -2.00. The molecule has 0 spiro atoms. The van der Waals surface area contributed by atoms with Gasteiger partial charge in [0.1, 0.15) is 12.1 Å². The molecule has 4 fully saturated rings. The van der Waals surface area contributed by atoms with Crippen molar-refractivity contribution >= 4 is 39.4 Å². The fourth-order valence-electron chi connectivity index (χ4n) is 8.23. The Morgan fingerprint density at radius 2 is 1.65 bits per heavy atom. The molecule has 5 rings (SSSR count). The van der Waals surface area contributed by atoms with Crippen LogP contribution in [0, 0.1) is 28.6 Å². The second-order valence-corrected chi connectivity index (χ2v) is 18.8. The number of hydrogen-bond acceptors (Lipinski definition) is 7. The molecule has 280 valence electrons. The van der Waals surface area contributed by atoms with E-state index in [1.807, 2.05) is 20.8 Å². The summed E-state index contributed by atoms with van der Waals surface area (Å²) in [6.45, 7) is 13.6. The first-order chi connectivity index (χ1) is 23.9. The molecule has 0 aromatic heterocycles. The number of Topliss-reactive ketones (excluding diaryl/α,β-unsaturated/α-hetero) is 1. The monoisotopic (exact) mass is 725 g/mol. The van der Waals surface area contributed by atoms with E-state index in [1.165, 1.54) is 11.0 Å². The normalized spacial score (nSPS) is 24.6. The van der Waals surface area contributed by atoms with E-state index in [9.17, 15) is 32.4 Å². The number of hydrogen-bond donors (Lipinski definition) is 4. The first kappa shape index (κ1) is 38.5. The van der Waals surface area contributed by atoms with Gasteiger partial charge >= 0.3 is 6.03 Å². The van der Waals surface area contributed by atoms with Gasteiger partial charge in [0, 0.05) is 13.1 Å². The van der Waals surface area contributed by atoms with E-state index in [2.05, 4.69) is 41.7 Å². The van der Waals surface area contributed by atoms with Crippen molar-refractivity contribution in [2.75, 3.05) is 18.8 Å². The quantitative estimate of drug-likeness (QED) is 0.168. The predicted octanol–water partition coefficient (Wildman–Crippen LogP) is 3.52. The lowest BCUT2D eigenvalue weighted by Crippen LogP contribution is -2.63. The summed E-state index contributed by atoms with van der Waals surface area (Å²) < 4.78 is 27.0. The van der Waals surface area contributed by atoms with Gasteiger partial charge in [0.25, 0.3) is 5.91 Å². The van der Waals surface area contributed by atoms with Gasteiger partial charge in [-0.1, -0.05) is 91.0 Å². The van der Waals surface area contributed by atoms with E-state index in [-0.39, 0.29) is 40.4 Å². The number of sulfone groups is 1. The number of nitrogens with one attached hydrogen (secondary N) is 4. The number of fused-ring (bicyclic) bond motifs is 1. The van der Waals surface area contributed by atoms with Crippen molar-refractivity contribution in [2.24, 2.45) is 28.6 Å². The van der Waals surface area contributed by atoms with Gasteiger partial charge in [0.15, 0.2) is 9.84 Å². The summed E-state index contributed by atoms with van der Waals surface area (Å²) in [4.78, 5) is 70.0. The first-order valence-corrected chi connectivity index (χ1v) is 20.0. The summed E-state index contributed by atoms with van der Waals surface area (Å²) >= 11 is 0. The van der Waals surface area contributed by atoms with Gasteiger partial charge in [0.2, 0.25) is 17.6 Å². The molecule has 1 heterocycles. The minimum absolute atomic E-state index is 0.0498. The van der Waals surface area contributed by atoms with Crippen LogP contribution in [0.3, 0.4) is 0 Å². The summed E-state index contributed by atoms with van der Waals surface area (Å²) in [5, 5.41) is 11.2. The van der Waals surface area contributed by atoms with Gasteiger partial charge in [-0.05, 0) is 60.0 Å². The zero-order valence-electron chi connectivity index (χ0n) is 30.6. The van der Waals surface area contributed by atoms with E-state index in [0.717, 1.165) is 32.1 Å². The third-order valence-electron chi connectivity index (χ3n) is 11.4. The smallest absolute Gasteiger partial charge is 0.315 e. The lowest BCUT2D eigenvalue weighted by Gasteiger charge is -2.40. The molecule has 12 nitrogen and oxygen atoms in total. The fourth-order valence-corrected chi connectivity index (χ4v) is 10.1. The minimum Gasteiger partial charge on any atom is -0.346 e. The highest BCUT2D eigenvalue weighted by Crippen LogP contribution is 2.65. The van der Waals surface area contributed by atoms with Crippen molar-refractivity contribution in [3.05, 3.63) is 43.0 Å². The van der Waals surface area contributed by atoms with E-state index in [1.54, 1.807) is 30.3 Å². The van der Waals surface area contributed by atoms with Crippen LogP contribution in [0.5, 0.6) is 0 Å². The third-order valence-corrected chi connectivity index (χ3v) is 13.4. The Balaban J connectivity index is 1.34. The van der Waals surface area contributed by atoms with Crippen LogP contribution in [0.4, 0.5) is 4.79 Å². The molecule has 1 aliphatic heterocycles. The Morgan fingerprint density at radius 3 is 2.24 bits per heavy atom. The van der Waals surface area contributed by atoms with Gasteiger partial charge < -0.3 is 26.2 Å². The topological polar surface area (TPSA) is 171 Å². The van der Waals surface area contributed by atoms with Crippen LogP contribution < -0.4 is 21.3 Å². The molecular formula is C38H55N5O7S. The van der Waals surface area contributed by atoms with Crippen LogP contribution in [-0.4, -0.2) is 85.4 Å². The van der Waals surface area contributed by atoms with E-state index in [0.29, 0.717) is 25.8 Å². The summed E-state index contributed by atoms with van der Waals surface area (Å²) in [6.07, 6.45) is 7.07. The minimum atomic E-state index is -3.73. The Labute approximate surface area is 302 Å². The third kappa shape index (κ3) is 8.67. The second-order valence-electron chi connectivity index (χ2n) is 16.8. The molecule has 0 radical (unpaired) electrons. The van der Waals surface area contributed by atoms with Crippen molar-refractivity contribution in [1.29, 1.82) is 0 Å². The maximum absolute atomic E-state index is 14.5. The number of benzene rings is 1. The lowest BCUT2D eigenvalue weighted by atomic mass is 9.83. The molecule has 4 N–H and O–H groups in total. The number of amides is 5. The van der Waals surface area contributed by atoms with E-state index < -0.39 is 68.5 Å². The predicted molar refractivity (Wildman–Crippen MR) is 193 cm³/mol. The molecule has 1 aromatic rings. The van der Waals surface area contributed by atoms with Crippen molar-refractivity contribution in [3.8, 4) is 0 Å². The number of piperidine rings is 1. The molecule has 1 saturated heterocycles. The highest BCUT2D eigenvalue weighted by Gasteiger charge is 2.70. The highest BCUT2D eigenvalue weighted by molar-refractivity contribution is 7.91. The van der Waals surface area contributed by atoms with Crippen molar-refractivity contribution < 1.29 is 32.4 Å². The zero-order valence-corrected chi connectivity index (χ0v) is 31.4. The molecule has 0 bridgehead atoms. The number of carbonyl (C=O) groups is 5. The zero-order chi connectivity index (χ0) is 37.4. The van der Waals surface area contributed by atoms with Crippen LogP contribution in [0.1, 0.15) is 86.0 Å². The van der Waals surface area contributed by atoms with Crippen molar-refractivity contribution in [3.63, 3.8) is 0 Å². The Hall–Kier alpha value is -3.74. The number of likely N-dealkylation sites (tertiary alicyclic amines) is 1. The molecule has 1 aromatic carbocycles. The molecule has 3 aliphatic carbocycles. The van der Waals surface area contributed by atoms with Gasteiger partial charge in [-0.25, -0.2) is 13.2 Å². The van der Waals surface area contributed by atoms with Crippen LogP contribution >= 0.6 is 0 Å². The molecule has 4 aliphatic rings. The van der Waals surface area contributed by atoms with Crippen molar-refractivity contribution in [1.82, 2.24) is 26.2 Å². The van der Waals surface area contributed by atoms with Gasteiger partial charge in [-0.3, -0.25) is 19.2 Å². The summed E-state index contributed by atoms with van der Waals surface area (Å²) in [6, 6.07) is 4.60. The average Bonchev–Trinajstić information content (AvgIpc) is 3.92. The Kier molecular flexibility index (Phi) is 11.1. The molecule has 3 saturated carbocycles. The maximum Gasteiger partial charge on any atom is 0.315 e. The Bertz CT molecular complexity index is 1630. The molecule has 5 atom stereocenters. The number of urea groups is 1. The molecule has 5 amide bonds. The molecule has 1 unspecified atom stereocenters. The van der Waals surface area contributed by atoms with Crippen LogP contribution in [0.25, 0.3) is 0 Å². The summed E-state index contributed by atoms with van der Waals surface area (Å²) in [7, 11) is -3.73. The van der Waals surface area contributed by atoms with Crippen molar-refractivity contribution in [2.45, 2.75) is 115 Å². The largest absolute Gasteiger partial charge is 0.346 e. The maximum atomic E-state index is 14.5. The standard InChI is InChI=1S/C38H55N5O7S/c1-7-20-39-33(46)30(44)27(21-24-16-17-24)40-32(45)29-28-26(37(28,5)6)22-43(29)34(47)31(36(2,3)4)41-35(48)42-38(18-12-9-13-19-38)23-51(49,50)25-14-10-8-11-15-25/h7-8,10-11,14-15,24,26-29,31H,1,9,12-13,16-23H2,2-6H3,(H,39,46)(H,40,45)(H2,41,42,48)/t26-,27?,28-,29-,31+/m0/s1. The second kappa shape index (κ2) is 14.7. The van der Waals surface area contributed by atoms with E-state index in [4.69, 9.17) is 0 Å². The first-order valence-electron chi connectivity index (χ1n) is 18.3. The fraction of sp³-hybridized carbons (Fsp3) is 0.658. The molecule has 13 heteroatoms. The highest BCUT2D eigenvalue weighted by atomic mass is 32.2.